The molecule has 2 aromatic carbocycles. The van der Waals surface area contributed by atoms with Gasteiger partial charge >= 0.3 is 0 Å². The molecular weight excluding hydrogens is 354 g/mol. The molecule has 0 bridgehead atoms. The molecule has 28 heavy (non-hydrogen) atoms. The van der Waals surface area contributed by atoms with E-state index in [1.807, 2.05) is 25.1 Å². The van der Waals surface area contributed by atoms with Gasteiger partial charge in [-0.05, 0) is 48.2 Å². The van der Waals surface area contributed by atoms with Crippen LogP contribution in [0.5, 0.6) is 17.2 Å². The van der Waals surface area contributed by atoms with Crippen LogP contribution in [0.15, 0.2) is 41.4 Å². The highest BCUT2D eigenvalue weighted by Gasteiger charge is 2.10. The van der Waals surface area contributed by atoms with Crippen molar-refractivity contribution in [2.45, 2.75) is 26.3 Å². The number of rotatable bonds is 6. The lowest BCUT2D eigenvalue weighted by Gasteiger charge is -2.14. The van der Waals surface area contributed by atoms with E-state index in [0.717, 1.165) is 53.7 Å². The highest BCUT2D eigenvalue weighted by Crippen LogP contribution is 2.30. The van der Waals surface area contributed by atoms with Crippen LogP contribution < -0.4 is 24.8 Å². The van der Waals surface area contributed by atoms with Crippen LogP contribution in [0.3, 0.4) is 0 Å². The average molecular weight is 383 g/mol. The summed E-state index contributed by atoms with van der Waals surface area (Å²) < 4.78 is 16.8. The van der Waals surface area contributed by atoms with Gasteiger partial charge in [0.15, 0.2) is 17.5 Å². The minimum atomic E-state index is 0.661. The van der Waals surface area contributed by atoms with Crippen LogP contribution in [-0.4, -0.2) is 39.9 Å². The van der Waals surface area contributed by atoms with E-state index < -0.39 is 0 Å². The lowest BCUT2D eigenvalue weighted by Crippen LogP contribution is -2.37. The Morgan fingerprint density at radius 1 is 1.04 bits per heavy atom. The monoisotopic (exact) mass is 383 g/mol. The molecule has 0 unspecified atom stereocenters. The Balaban J connectivity index is 1.49. The third-order valence-corrected chi connectivity index (χ3v) is 4.67. The maximum Gasteiger partial charge on any atom is 0.191 e. The van der Waals surface area contributed by atoms with E-state index in [-0.39, 0.29) is 0 Å². The molecule has 0 spiro atoms. The molecule has 0 atom stereocenters. The Hall–Kier alpha value is -2.89. The standard InChI is InChI=1S/C22H29N3O3/c1-16-5-6-17(13-20(16)26-3)9-10-24-22(23-2)25-15-18-7-8-19-21(14-18)28-12-4-11-27-19/h5-8,13-14H,4,9-12,15H2,1-3H3,(H2,23,24,25). The van der Waals surface area contributed by atoms with Gasteiger partial charge in [-0.1, -0.05) is 18.2 Å². The number of guanidine groups is 1. The molecule has 150 valence electrons. The van der Waals surface area contributed by atoms with Crippen LogP contribution in [0.25, 0.3) is 0 Å². The highest BCUT2D eigenvalue weighted by molar-refractivity contribution is 5.79. The first kappa shape index (κ1) is 19.9. The second kappa shape index (κ2) is 9.88. The Labute approximate surface area is 166 Å². The molecule has 0 amide bonds. The molecule has 3 rings (SSSR count). The van der Waals surface area contributed by atoms with Gasteiger partial charge in [0.25, 0.3) is 0 Å². The molecule has 0 radical (unpaired) electrons. The van der Waals surface area contributed by atoms with Crippen molar-refractivity contribution in [2.75, 3.05) is 33.9 Å². The SMILES string of the molecule is CN=C(NCCc1ccc(C)c(OC)c1)NCc1ccc2c(c1)OCCCO2. The molecule has 1 heterocycles. The van der Waals surface area contributed by atoms with Gasteiger partial charge in [0, 0.05) is 26.6 Å². The van der Waals surface area contributed by atoms with Crippen LogP contribution in [0.1, 0.15) is 23.1 Å². The van der Waals surface area contributed by atoms with Crippen molar-refractivity contribution in [1.29, 1.82) is 0 Å². The fourth-order valence-corrected chi connectivity index (χ4v) is 3.07. The summed E-state index contributed by atoms with van der Waals surface area (Å²) in [5, 5.41) is 6.70. The van der Waals surface area contributed by atoms with E-state index in [1.54, 1.807) is 14.2 Å². The number of benzene rings is 2. The second-order valence-corrected chi connectivity index (χ2v) is 6.74. The van der Waals surface area contributed by atoms with E-state index in [0.29, 0.717) is 19.8 Å². The summed E-state index contributed by atoms with van der Waals surface area (Å²) in [6.45, 7) is 4.89. The summed E-state index contributed by atoms with van der Waals surface area (Å²) >= 11 is 0. The number of hydrogen-bond donors (Lipinski definition) is 2. The van der Waals surface area contributed by atoms with Crippen molar-refractivity contribution in [2.24, 2.45) is 4.99 Å². The minimum absolute atomic E-state index is 0.661. The zero-order valence-electron chi connectivity index (χ0n) is 16.9. The molecule has 0 fully saturated rings. The lowest BCUT2D eigenvalue weighted by atomic mass is 10.1. The van der Waals surface area contributed by atoms with Crippen LogP contribution in [0, 0.1) is 6.92 Å². The largest absolute Gasteiger partial charge is 0.496 e. The Morgan fingerprint density at radius 3 is 2.61 bits per heavy atom. The molecule has 0 saturated heterocycles. The van der Waals surface area contributed by atoms with Crippen molar-refractivity contribution in [3.05, 3.63) is 53.1 Å². The van der Waals surface area contributed by atoms with Crippen LogP contribution in [-0.2, 0) is 13.0 Å². The summed E-state index contributed by atoms with van der Waals surface area (Å²) in [5.41, 5.74) is 3.50. The van der Waals surface area contributed by atoms with Crippen molar-refractivity contribution < 1.29 is 14.2 Å². The first-order chi connectivity index (χ1) is 13.7. The number of fused-ring (bicyclic) bond motifs is 1. The molecular formula is C22H29N3O3. The topological polar surface area (TPSA) is 64.1 Å². The average Bonchev–Trinajstić information content (AvgIpc) is 2.96. The van der Waals surface area contributed by atoms with Crippen LogP contribution in [0.4, 0.5) is 0 Å². The molecule has 6 nitrogen and oxygen atoms in total. The maximum atomic E-state index is 5.75. The van der Waals surface area contributed by atoms with Crippen molar-refractivity contribution >= 4 is 5.96 Å². The third-order valence-electron chi connectivity index (χ3n) is 4.67. The summed E-state index contributed by atoms with van der Waals surface area (Å²) in [5.74, 6) is 3.32. The summed E-state index contributed by atoms with van der Waals surface area (Å²) in [4.78, 5) is 4.30. The van der Waals surface area contributed by atoms with Gasteiger partial charge in [-0.3, -0.25) is 4.99 Å². The number of aryl methyl sites for hydroxylation is 1. The minimum Gasteiger partial charge on any atom is -0.496 e. The fraction of sp³-hybridized carbons (Fsp3) is 0.409. The summed E-state index contributed by atoms with van der Waals surface area (Å²) in [6, 6.07) is 12.4. The van der Waals surface area contributed by atoms with E-state index in [9.17, 15) is 0 Å². The number of aliphatic imine (C=N–C) groups is 1. The normalized spacial score (nSPS) is 13.6. The summed E-state index contributed by atoms with van der Waals surface area (Å²) in [7, 11) is 3.48. The molecule has 6 heteroatoms. The number of methoxy groups -OCH3 is 1. The predicted molar refractivity (Wildman–Crippen MR) is 112 cm³/mol. The number of ether oxygens (including phenoxy) is 3. The Morgan fingerprint density at radius 2 is 1.82 bits per heavy atom. The Bertz CT molecular complexity index is 821. The third kappa shape index (κ3) is 5.31. The number of nitrogens with one attached hydrogen (secondary N) is 2. The first-order valence-corrected chi connectivity index (χ1v) is 9.66. The van der Waals surface area contributed by atoms with Crippen molar-refractivity contribution in [3.63, 3.8) is 0 Å². The predicted octanol–water partition coefficient (Wildman–Crippen LogP) is 3.07. The number of hydrogen-bond acceptors (Lipinski definition) is 4. The zero-order valence-corrected chi connectivity index (χ0v) is 16.9. The number of nitrogens with zero attached hydrogens (tertiary/aromatic N) is 1. The van der Waals surface area contributed by atoms with Gasteiger partial charge in [0.2, 0.25) is 0 Å². The first-order valence-electron chi connectivity index (χ1n) is 9.66. The van der Waals surface area contributed by atoms with Crippen molar-refractivity contribution in [1.82, 2.24) is 10.6 Å². The molecule has 1 aliphatic rings. The Kier molecular flexibility index (Phi) is 7.00. The quantitative estimate of drug-likeness (QED) is 0.593. The van der Waals surface area contributed by atoms with E-state index in [4.69, 9.17) is 14.2 Å². The smallest absolute Gasteiger partial charge is 0.191 e. The van der Waals surface area contributed by atoms with Gasteiger partial charge in [-0.2, -0.15) is 0 Å². The van der Waals surface area contributed by atoms with Gasteiger partial charge < -0.3 is 24.8 Å². The van der Waals surface area contributed by atoms with E-state index in [2.05, 4.69) is 33.8 Å². The molecule has 1 aliphatic heterocycles. The van der Waals surface area contributed by atoms with Crippen LogP contribution >= 0.6 is 0 Å². The highest BCUT2D eigenvalue weighted by atomic mass is 16.5. The molecule has 2 N–H and O–H groups in total. The van der Waals surface area contributed by atoms with E-state index >= 15 is 0 Å². The van der Waals surface area contributed by atoms with Gasteiger partial charge in [0.1, 0.15) is 5.75 Å². The van der Waals surface area contributed by atoms with Crippen molar-refractivity contribution in [3.8, 4) is 17.2 Å². The molecule has 0 aromatic heterocycles. The molecule has 0 saturated carbocycles. The van der Waals surface area contributed by atoms with Gasteiger partial charge in [-0.15, -0.1) is 0 Å². The lowest BCUT2D eigenvalue weighted by molar-refractivity contribution is 0.297. The second-order valence-electron chi connectivity index (χ2n) is 6.74. The molecule has 0 aliphatic carbocycles. The van der Waals surface area contributed by atoms with Gasteiger partial charge in [-0.25, -0.2) is 0 Å². The summed E-state index contributed by atoms with van der Waals surface area (Å²) in [6.07, 6.45) is 1.80. The fourth-order valence-electron chi connectivity index (χ4n) is 3.07. The zero-order chi connectivity index (χ0) is 19.8. The van der Waals surface area contributed by atoms with Crippen LogP contribution in [0.2, 0.25) is 0 Å². The molecule has 2 aromatic rings. The van der Waals surface area contributed by atoms with Gasteiger partial charge in [0.05, 0.1) is 20.3 Å². The van der Waals surface area contributed by atoms with E-state index in [1.165, 1.54) is 5.56 Å². The maximum absolute atomic E-state index is 5.75.